The molecule has 0 fully saturated rings. The van der Waals surface area contributed by atoms with E-state index in [0.717, 1.165) is 29.0 Å². The molecule has 0 unspecified atom stereocenters. The van der Waals surface area contributed by atoms with Crippen molar-refractivity contribution in [1.29, 1.82) is 5.26 Å². The smallest absolute Gasteiger partial charge is 0.251 e. The molecule has 0 amide bonds. The second kappa shape index (κ2) is 6.68. The summed E-state index contributed by atoms with van der Waals surface area (Å²) in [7, 11) is 0. The maximum atomic E-state index is 14.6. The molecule has 3 heterocycles. The molecule has 7 nitrogen and oxygen atoms in total. The van der Waals surface area contributed by atoms with Gasteiger partial charge in [0.05, 0.1) is 41.2 Å². The molecule has 0 aliphatic heterocycles. The predicted octanol–water partition coefficient (Wildman–Crippen LogP) is 3.23. The van der Waals surface area contributed by atoms with Gasteiger partial charge in [-0.1, -0.05) is 0 Å². The maximum absolute atomic E-state index is 14.6. The van der Waals surface area contributed by atoms with Gasteiger partial charge >= 0.3 is 0 Å². The van der Waals surface area contributed by atoms with Gasteiger partial charge in [0.15, 0.2) is 0 Å². The van der Waals surface area contributed by atoms with Gasteiger partial charge in [0, 0.05) is 19.4 Å². The van der Waals surface area contributed by atoms with Crippen molar-refractivity contribution in [3.05, 3.63) is 65.7 Å². The highest BCUT2D eigenvalue weighted by atomic mass is 19.1. The molecule has 1 aromatic carbocycles. The Bertz CT molecular complexity index is 1480. The number of pyridine rings is 1. The molecular formula is C20H14F2N6O. The van der Waals surface area contributed by atoms with Crippen molar-refractivity contribution in [2.75, 3.05) is 0 Å². The minimum Gasteiger partial charge on any atom is -0.384 e. The van der Waals surface area contributed by atoms with Gasteiger partial charge in [0.2, 0.25) is 0 Å². The van der Waals surface area contributed by atoms with E-state index in [1.165, 1.54) is 18.3 Å². The number of aromatic nitrogens is 5. The first kappa shape index (κ1) is 12.6. The average Bonchev–Trinajstić information content (AvgIpc) is 3.20. The van der Waals surface area contributed by atoms with E-state index >= 15 is 0 Å². The molecule has 4 aromatic rings. The van der Waals surface area contributed by atoms with E-state index in [1.807, 2.05) is 0 Å². The van der Waals surface area contributed by atoms with Crippen molar-refractivity contribution in [3.8, 4) is 28.6 Å². The van der Waals surface area contributed by atoms with Gasteiger partial charge in [-0.2, -0.15) is 14.9 Å². The molecule has 0 aliphatic rings. The highest BCUT2D eigenvalue weighted by molar-refractivity contribution is 5.73. The van der Waals surface area contributed by atoms with Crippen molar-refractivity contribution in [2.24, 2.45) is 0 Å². The fourth-order valence-electron chi connectivity index (χ4n) is 2.75. The number of hydrogen-bond donors (Lipinski definition) is 1. The van der Waals surface area contributed by atoms with Crippen molar-refractivity contribution >= 4 is 5.78 Å². The number of halogens is 2. The Morgan fingerprint density at radius 2 is 2.00 bits per heavy atom. The number of imidazole rings is 1. The summed E-state index contributed by atoms with van der Waals surface area (Å²) in [5, 5.41) is 23.9. The Labute approximate surface area is 172 Å². The fourth-order valence-corrected chi connectivity index (χ4v) is 2.75. The van der Waals surface area contributed by atoms with Crippen LogP contribution in [0.2, 0.25) is 0 Å². The number of hydrogen-bond acceptors (Lipinski definition) is 6. The van der Waals surface area contributed by atoms with Crippen LogP contribution in [0.15, 0.2) is 42.9 Å². The molecule has 29 heavy (non-hydrogen) atoms. The Morgan fingerprint density at radius 1 is 1.17 bits per heavy atom. The minimum atomic E-state index is -3.35. The highest BCUT2D eigenvalue weighted by Crippen LogP contribution is 2.30. The molecule has 9 heteroatoms. The third kappa shape index (κ3) is 3.30. The van der Waals surface area contributed by atoms with E-state index in [2.05, 4.69) is 20.1 Å². The van der Waals surface area contributed by atoms with Gasteiger partial charge in [0.1, 0.15) is 23.3 Å². The van der Waals surface area contributed by atoms with Crippen molar-refractivity contribution in [1.82, 2.24) is 24.6 Å². The first-order valence-corrected chi connectivity index (χ1v) is 8.07. The van der Waals surface area contributed by atoms with Crippen LogP contribution in [0, 0.1) is 23.0 Å². The molecule has 0 saturated heterocycles. The Hall–Kier alpha value is -3.77. The molecule has 0 saturated carbocycles. The van der Waals surface area contributed by atoms with Gasteiger partial charge in [-0.3, -0.25) is 4.98 Å². The van der Waals surface area contributed by atoms with Crippen LogP contribution < -0.4 is 0 Å². The highest BCUT2D eigenvalue weighted by Gasteiger charge is 2.21. The molecule has 0 aliphatic carbocycles. The molecule has 0 bridgehead atoms. The zero-order valence-corrected chi connectivity index (χ0v) is 14.4. The molecule has 4 rings (SSSR count). The maximum Gasteiger partial charge on any atom is 0.251 e. The van der Waals surface area contributed by atoms with Gasteiger partial charge in [-0.25, -0.2) is 18.7 Å². The zero-order chi connectivity index (χ0) is 25.8. The van der Waals surface area contributed by atoms with Crippen LogP contribution >= 0.6 is 0 Å². The Kier molecular flexibility index (Phi) is 2.91. The lowest BCUT2D eigenvalue weighted by atomic mass is 10.0. The van der Waals surface area contributed by atoms with Crippen molar-refractivity contribution in [3.63, 3.8) is 0 Å². The Balaban J connectivity index is 1.85. The minimum absolute atomic E-state index is 0.0872. The number of aliphatic hydroxyl groups is 1. The monoisotopic (exact) mass is 398 g/mol. The summed E-state index contributed by atoms with van der Waals surface area (Å²) in [4.78, 5) is 11.7. The van der Waals surface area contributed by atoms with E-state index in [9.17, 15) is 19.1 Å². The molecule has 0 radical (unpaired) electrons. The summed E-state index contributed by atoms with van der Waals surface area (Å²) in [6.45, 7) is -6.71. The third-order valence-corrected chi connectivity index (χ3v) is 4.10. The lowest BCUT2D eigenvalue weighted by Crippen LogP contribution is -2.19. The van der Waals surface area contributed by atoms with Crippen molar-refractivity contribution < 1.29 is 22.1 Å². The number of rotatable bonds is 3. The molecule has 1 N–H and O–H groups in total. The normalized spacial score (nSPS) is 15.5. The largest absolute Gasteiger partial charge is 0.384 e. The van der Waals surface area contributed by atoms with Crippen LogP contribution in [0.3, 0.4) is 0 Å². The SMILES string of the molecule is [2H]C([2H])([2H])C(O)(c1cnn2c(-c3ccc(F)c(-c4ncc(F)cc4C#N)c3)cnc2n1)C([2H])([2H])[2H]. The van der Waals surface area contributed by atoms with Crippen molar-refractivity contribution in [2.45, 2.75) is 19.3 Å². The van der Waals surface area contributed by atoms with Crippen LogP contribution in [0.5, 0.6) is 0 Å². The third-order valence-electron chi connectivity index (χ3n) is 4.10. The summed E-state index contributed by atoms with van der Waals surface area (Å²) < 4.78 is 74.4. The van der Waals surface area contributed by atoms with Crippen LogP contribution in [0.1, 0.15) is 33.2 Å². The first-order chi connectivity index (χ1) is 16.3. The molecular weight excluding hydrogens is 378 g/mol. The first-order valence-electron chi connectivity index (χ1n) is 11.1. The predicted molar refractivity (Wildman–Crippen MR) is 99.3 cm³/mol. The second-order valence-corrected chi connectivity index (χ2v) is 6.06. The summed E-state index contributed by atoms with van der Waals surface area (Å²) in [5.41, 5.74) is -3.83. The summed E-state index contributed by atoms with van der Waals surface area (Å²) in [6.07, 6.45) is 2.92. The number of benzene rings is 1. The summed E-state index contributed by atoms with van der Waals surface area (Å²) in [5.74, 6) is -1.72. The molecule has 3 aromatic heterocycles. The lowest BCUT2D eigenvalue weighted by Gasteiger charge is -2.15. The average molecular weight is 398 g/mol. The van der Waals surface area contributed by atoms with E-state index in [1.54, 1.807) is 6.07 Å². The summed E-state index contributed by atoms with van der Waals surface area (Å²) in [6, 6.07) is 6.49. The van der Waals surface area contributed by atoms with E-state index < -0.39 is 36.6 Å². The van der Waals surface area contributed by atoms with Crippen LogP contribution in [-0.2, 0) is 5.60 Å². The lowest BCUT2D eigenvalue weighted by molar-refractivity contribution is 0.0734. The second-order valence-electron chi connectivity index (χ2n) is 6.06. The molecule has 0 atom stereocenters. The van der Waals surface area contributed by atoms with E-state index in [-0.39, 0.29) is 28.3 Å². The van der Waals surface area contributed by atoms with Crippen LogP contribution in [-0.4, -0.2) is 29.7 Å². The van der Waals surface area contributed by atoms with Gasteiger partial charge in [-0.15, -0.1) is 0 Å². The van der Waals surface area contributed by atoms with Gasteiger partial charge < -0.3 is 5.11 Å². The summed E-state index contributed by atoms with van der Waals surface area (Å²) >= 11 is 0. The molecule has 144 valence electrons. The van der Waals surface area contributed by atoms with E-state index in [4.69, 9.17) is 8.22 Å². The van der Waals surface area contributed by atoms with Crippen LogP contribution in [0.25, 0.3) is 28.3 Å². The molecule has 0 spiro atoms. The number of nitriles is 1. The standard InChI is InChI=1S/C20H14F2N6O/c1-20(2,29)17-10-26-28-16(9-25-19(28)27-17)11-3-4-15(22)14(6-11)18-12(7-23)5-13(21)8-24-18/h3-6,8-10,29H,1-2H3/i1D3,2D3. The zero-order valence-electron chi connectivity index (χ0n) is 20.4. The van der Waals surface area contributed by atoms with Crippen LogP contribution in [0.4, 0.5) is 8.78 Å². The fraction of sp³-hybridized carbons (Fsp3) is 0.150. The Morgan fingerprint density at radius 3 is 2.76 bits per heavy atom. The van der Waals surface area contributed by atoms with Gasteiger partial charge in [0.25, 0.3) is 5.78 Å². The topological polar surface area (TPSA) is 100.0 Å². The number of nitrogens with zero attached hydrogens (tertiary/aromatic N) is 6. The van der Waals surface area contributed by atoms with Gasteiger partial charge in [-0.05, 0) is 38.0 Å². The van der Waals surface area contributed by atoms with E-state index in [0.29, 0.717) is 5.56 Å². The number of fused-ring (bicyclic) bond motifs is 1. The quantitative estimate of drug-likeness (QED) is 0.569.